The summed E-state index contributed by atoms with van der Waals surface area (Å²) >= 11 is 0. The van der Waals surface area contributed by atoms with Crippen LogP contribution in [0.3, 0.4) is 0 Å². The van der Waals surface area contributed by atoms with Gasteiger partial charge >= 0.3 is 34.2 Å². The molecule has 0 aliphatic rings. The van der Waals surface area contributed by atoms with Crippen LogP contribution in [0.1, 0.15) is 6.92 Å². The van der Waals surface area contributed by atoms with Gasteiger partial charge in [-0.2, -0.15) is 0 Å². The maximum absolute atomic E-state index is 6.38. The van der Waals surface area contributed by atoms with Gasteiger partial charge in [-0.05, 0) is 72.4 Å². The van der Waals surface area contributed by atoms with Gasteiger partial charge in [0.2, 0.25) is 0 Å². The lowest BCUT2D eigenvalue weighted by molar-refractivity contribution is 0.233. The molecule has 0 bridgehead atoms. The van der Waals surface area contributed by atoms with Crippen LogP contribution in [0.5, 0.6) is 0 Å². The van der Waals surface area contributed by atoms with E-state index in [1.54, 1.807) is 0 Å². The minimum atomic E-state index is -2.30. The molecular formula is C12H36O5Si5. The summed E-state index contributed by atoms with van der Waals surface area (Å²) in [5.41, 5.74) is 0. The second-order valence-electron chi connectivity index (χ2n) is 7.51. The van der Waals surface area contributed by atoms with Gasteiger partial charge in [-0.1, -0.05) is 0 Å². The molecule has 0 rings (SSSR count). The highest BCUT2D eigenvalue weighted by atomic mass is 28.5. The minimum absolute atomic E-state index is 0.674. The van der Waals surface area contributed by atoms with Crippen molar-refractivity contribution in [3.8, 4) is 0 Å². The average molecular weight is 401 g/mol. The molecule has 0 aromatic rings. The summed E-state index contributed by atoms with van der Waals surface area (Å²) in [6.07, 6.45) is 0. The third kappa shape index (κ3) is 10.6. The number of rotatable bonds is 10. The van der Waals surface area contributed by atoms with Gasteiger partial charge in [0.25, 0.3) is 0 Å². The molecule has 0 aromatic heterocycles. The normalized spacial score (nSPS) is 14.7. The fraction of sp³-hybridized carbons (Fsp3) is 1.00. The maximum atomic E-state index is 6.38. The SMILES string of the molecule is CCO[Si](C)(C)O[Si](C)(C)O[Si](C)(C)O[Si](C)(C)O[SiH](C)C. The summed E-state index contributed by atoms with van der Waals surface area (Å²) in [6, 6.07) is 0. The van der Waals surface area contributed by atoms with Crippen molar-refractivity contribution in [3.05, 3.63) is 0 Å². The number of hydrogen-bond donors (Lipinski definition) is 0. The van der Waals surface area contributed by atoms with Crippen LogP contribution in [0.4, 0.5) is 0 Å². The molecule has 0 unspecified atom stereocenters. The second-order valence-corrected chi connectivity index (χ2v) is 24.5. The molecule has 0 spiro atoms. The van der Waals surface area contributed by atoms with E-state index in [2.05, 4.69) is 65.5 Å². The quantitative estimate of drug-likeness (QED) is 0.521. The molecule has 0 aliphatic heterocycles. The Balaban J connectivity index is 4.80. The van der Waals surface area contributed by atoms with E-state index in [1.807, 2.05) is 6.92 Å². The standard InChI is InChI=1S/C12H36O5Si5/c1-12-13-19(4,5)15-21(8,9)17-22(10,11)16-20(6,7)14-18(2)3/h18H,12H2,1-11H3. The Hall–Kier alpha value is 0.884. The summed E-state index contributed by atoms with van der Waals surface area (Å²) in [7, 11) is -9.98. The minimum Gasteiger partial charge on any atom is -0.440 e. The molecule has 10 heteroatoms. The lowest BCUT2D eigenvalue weighted by Gasteiger charge is -2.40. The fourth-order valence-corrected chi connectivity index (χ4v) is 24.2. The predicted molar refractivity (Wildman–Crippen MR) is 105 cm³/mol. The first kappa shape index (κ1) is 22.9. The van der Waals surface area contributed by atoms with E-state index in [0.717, 1.165) is 0 Å². The lowest BCUT2D eigenvalue weighted by Crippen LogP contribution is -2.58. The molecule has 0 saturated carbocycles. The molecule has 0 aliphatic carbocycles. The van der Waals surface area contributed by atoms with Crippen LogP contribution in [-0.4, -0.2) is 49.9 Å². The van der Waals surface area contributed by atoms with Gasteiger partial charge in [-0.25, -0.2) is 0 Å². The Labute approximate surface area is 143 Å². The Bertz CT molecular complexity index is 347. The fourth-order valence-electron chi connectivity index (χ4n) is 2.79. The Morgan fingerprint density at radius 2 is 1.00 bits per heavy atom. The monoisotopic (exact) mass is 400 g/mol. The van der Waals surface area contributed by atoms with Gasteiger partial charge in [-0.15, -0.1) is 0 Å². The van der Waals surface area contributed by atoms with Gasteiger partial charge in [-0.3, -0.25) is 0 Å². The van der Waals surface area contributed by atoms with Gasteiger partial charge in [0.1, 0.15) is 0 Å². The predicted octanol–water partition coefficient (Wildman–Crippen LogP) is 3.88. The lowest BCUT2D eigenvalue weighted by atomic mass is 10.9. The molecule has 0 aromatic carbocycles. The van der Waals surface area contributed by atoms with Crippen LogP contribution in [0, 0.1) is 0 Å². The van der Waals surface area contributed by atoms with E-state index < -0.39 is 43.3 Å². The van der Waals surface area contributed by atoms with Crippen molar-refractivity contribution in [1.29, 1.82) is 0 Å². The third-order valence-electron chi connectivity index (χ3n) is 2.49. The summed E-state index contributed by atoms with van der Waals surface area (Å²) in [6.45, 7) is 23.7. The van der Waals surface area contributed by atoms with E-state index in [4.69, 9.17) is 20.9 Å². The van der Waals surface area contributed by atoms with Crippen molar-refractivity contribution in [2.75, 3.05) is 6.61 Å². The molecule has 0 amide bonds. The van der Waals surface area contributed by atoms with Crippen LogP contribution in [0.2, 0.25) is 65.5 Å². The summed E-state index contributed by atoms with van der Waals surface area (Å²) in [4.78, 5) is 0. The van der Waals surface area contributed by atoms with Crippen LogP contribution >= 0.6 is 0 Å². The molecule has 0 N–H and O–H groups in total. The highest BCUT2D eigenvalue weighted by Crippen LogP contribution is 2.24. The average Bonchev–Trinajstić information content (AvgIpc) is 2.06. The zero-order valence-electron chi connectivity index (χ0n) is 16.3. The topological polar surface area (TPSA) is 46.2 Å². The first-order valence-corrected chi connectivity index (χ1v) is 22.1. The Kier molecular flexibility index (Phi) is 8.65. The van der Waals surface area contributed by atoms with E-state index >= 15 is 0 Å². The van der Waals surface area contributed by atoms with Gasteiger partial charge in [0, 0.05) is 6.61 Å². The molecular weight excluding hydrogens is 365 g/mol. The first-order chi connectivity index (χ1) is 9.60. The smallest absolute Gasteiger partial charge is 0.322 e. The zero-order valence-corrected chi connectivity index (χ0v) is 21.5. The van der Waals surface area contributed by atoms with E-state index in [-0.39, 0.29) is 0 Å². The number of hydrogen-bond acceptors (Lipinski definition) is 5. The van der Waals surface area contributed by atoms with Crippen molar-refractivity contribution in [2.24, 2.45) is 0 Å². The van der Waals surface area contributed by atoms with Gasteiger partial charge in [0.05, 0.1) is 0 Å². The highest BCUT2D eigenvalue weighted by molar-refractivity contribution is 6.88. The molecule has 5 nitrogen and oxygen atoms in total. The third-order valence-corrected chi connectivity index (χ3v) is 19.4. The summed E-state index contributed by atoms with van der Waals surface area (Å²) < 4.78 is 30.9. The van der Waals surface area contributed by atoms with Crippen molar-refractivity contribution in [1.82, 2.24) is 0 Å². The second kappa shape index (κ2) is 8.31. The zero-order chi connectivity index (χ0) is 17.8. The van der Waals surface area contributed by atoms with Crippen LogP contribution in [0.15, 0.2) is 0 Å². The molecule has 0 radical (unpaired) electrons. The van der Waals surface area contributed by atoms with Crippen molar-refractivity contribution < 1.29 is 20.9 Å². The van der Waals surface area contributed by atoms with Crippen molar-refractivity contribution in [2.45, 2.75) is 72.4 Å². The van der Waals surface area contributed by atoms with Crippen LogP contribution in [-0.2, 0) is 20.9 Å². The van der Waals surface area contributed by atoms with Crippen LogP contribution in [0.25, 0.3) is 0 Å². The molecule has 0 heterocycles. The molecule has 0 fully saturated rings. The molecule has 0 atom stereocenters. The summed E-state index contributed by atoms with van der Waals surface area (Å²) in [5.74, 6) is 0. The molecule has 0 saturated heterocycles. The summed E-state index contributed by atoms with van der Waals surface area (Å²) in [5, 5.41) is 0. The Morgan fingerprint density at radius 1 is 0.636 bits per heavy atom. The van der Waals surface area contributed by atoms with Gasteiger partial charge < -0.3 is 20.9 Å². The van der Waals surface area contributed by atoms with Crippen molar-refractivity contribution >= 4 is 43.3 Å². The Morgan fingerprint density at radius 3 is 1.36 bits per heavy atom. The maximum Gasteiger partial charge on any atom is 0.322 e. The van der Waals surface area contributed by atoms with Crippen molar-refractivity contribution in [3.63, 3.8) is 0 Å². The molecule has 22 heavy (non-hydrogen) atoms. The van der Waals surface area contributed by atoms with Crippen LogP contribution < -0.4 is 0 Å². The van der Waals surface area contributed by atoms with Gasteiger partial charge in [0.15, 0.2) is 9.04 Å². The first-order valence-electron chi connectivity index (χ1n) is 8.02. The van der Waals surface area contributed by atoms with E-state index in [1.165, 1.54) is 0 Å². The largest absolute Gasteiger partial charge is 0.440 e. The highest BCUT2D eigenvalue weighted by Gasteiger charge is 2.44. The van der Waals surface area contributed by atoms with E-state index in [0.29, 0.717) is 6.61 Å². The molecule has 134 valence electrons. The van der Waals surface area contributed by atoms with E-state index in [9.17, 15) is 0 Å².